The van der Waals surface area contributed by atoms with Crippen LogP contribution in [0, 0.1) is 12.8 Å². The van der Waals surface area contributed by atoms with E-state index in [0.717, 1.165) is 11.3 Å². The third-order valence-electron chi connectivity index (χ3n) is 5.54. The van der Waals surface area contributed by atoms with Gasteiger partial charge in [0.05, 0.1) is 13.0 Å². The van der Waals surface area contributed by atoms with Crippen molar-refractivity contribution in [3.05, 3.63) is 53.6 Å². The maximum absolute atomic E-state index is 13.3. The molecule has 1 aliphatic rings. The zero-order valence-electron chi connectivity index (χ0n) is 18.0. The summed E-state index contributed by atoms with van der Waals surface area (Å²) >= 11 is 0. The summed E-state index contributed by atoms with van der Waals surface area (Å²) in [6.45, 7) is 6.64. The lowest BCUT2D eigenvalue weighted by Crippen LogP contribution is -2.43. The van der Waals surface area contributed by atoms with Gasteiger partial charge in [0, 0.05) is 18.8 Å². The van der Waals surface area contributed by atoms with E-state index in [1.807, 2.05) is 37.3 Å². The first-order valence-corrected chi connectivity index (χ1v) is 11.7. The van der Waals surface area contributed by atoms with E-state index < -0.39 is 15.9 Å². The monoisotopic (exact) mass is 430 g/mol. The average molecular weight is 431 g/mol. The van der Waals surface area contributed by atoms with Crippen LogP contribution in [0.5, 0.6) is 5.75 Å². The Bertz CT molecular complexity index is 1000. The molecule has 1 aliphatic heterocycles. The molecule has 0 unspecified atom stereocenters. The molecule has 1 amide bonds. The van der Waals surface area contributed by atoms with E-state index in [0.29, 0.717) is 31.1 Å². The van der Waals surface area contributed by atoms with Gasteiger partial charge in [-0.2, -0.15) is 4.31 Å². The summed E-state index contributed by atoms with van der Waals surface area (Å²) in [5.74, 6) is 0.195. The van der Waals surface area contributed by atoms with E-state index in [-0.39, 0.29) is 17.3 Å². The minimum Gasteiger partial charge on any atom is -0.495 e. The lowest BCUT2D eigenvalue weighted by molar-refractivity contribution is -0.120. The Balaban J connectivity index is 1.74. The van der Waals surface area contributed by atoms with Crippen LogP contribution in [0.15, 0.2) is 47.4 Å². The SMILES string of the molecule is COc1ccc(C)cc1S(=O)(=O)N1CCC[C@@H](C(=O)Nc2ccc(C(C)C)cc2)C1. The van der Waals surface area contributed by atoms with E-state index in [4.69, 9.17) is 4.74 Å². The van der Waals surface area contributed by atoms with Crippen molar-refractivity contribution in [3.8, 4) is 5.75 Å². The summed E-state index contributed by atoms with van der Waals surface area (Å²) in [7, 11) is -2.29. The molecule has 0 bridgehead atoms. The summed E-state index contributed by atoms with van der Waals surface area (Å²) in [5, 5.41) is 2.94. The third kappa shape index (κ3) is 4.84. The molecule has 162 valence electrons. The number of hydrogen-bond acceptors (Lipinski definition) is 4. The number of aryl methyl sites for hydroxylation is 1. The molecule has 2 aromatic rings. The molecule has 1 heterocycles. The molecule has 30 heavy (non-hydrogen) atoms. The van der Waals surface area contributed by atoms with Gasteiger partial charge in [0.15, 0.2) is 0 Å². The highest BCUT2D eigenvalue weighted by Crippen LogP contribution is 2.31. The first-order valence-electron chi connectivity index (χ1n) is 10.3. The smallest absolute Gasteiger partial charge is 0.246 e. The molecule has 1 fully saturated rings. The van der Waals surface area contributed by atoms with Crippen LogP contribution in [-0.4, -0.2) is 38.8 Å². The number of nitrogens with zero attached hydrogens (tertiary/aromatic N) is 1. The molecule has 1 saturated heterocycles. The topological polar surface area (TPSA) is 75.7 Å². The molecular formula is C23H30N2O4S. The number of carbonyl (C=O) groups is 1. The number of nitrogens with one attached hydrogen (secondary N) is 1. The summed E-state index contributed by atoms with van der Waals surface area (Å²) in [5.41, 5.74) is 2.77. The van der Waals surface area contributed by atoms with Crippen LogP contribution in [0.3, 0.4) is 0 Å². The van der Waals surface area contributed by atoms with Gasteiger partial charge in [0.2, 0.25) is 15.9 Å². The number of methoxy groups -OCH3 is 1. The van der Waals surface area contributed by atoms with Crippen LogP contribution in [0.1, 0.15) is 43.7 Å². The lowest BCUT2D eigenvalue weighted by atomic mass is 9.98. The van der Waals surface area contributed by atoms with Crippen molar-refractivity contribution in [2.45, 2.75) is 44.4 Å². The van der Waals surface area contributed by atoms with Gasteiger partial charge in [-0.05, 0) is 61.1 Å². The van der Waals surface area contributed by atoms with Crippen molar-refractivity contribution in [1.82, 2.24) is 4.31 Å². The van der Waals surface area contributed by atoms with Crippen molar-refractivity contribution in [3.63, 3.8) is 0 Å². The largest absolute Gasteiger partial charge is 0.495 e. The Morgan fingerprint density at radius 1 is 1.17 bits per heavy atom. The Labute approximate surface area is 179 Å². The van der Waals surface area contributed by atoms with Gasteiger partial charge >= 0.3 is 0 Å². The number of hydrogen-bond donors (Lipinski definition) is 1. The molecular weight excluding hydrogens is 400 g/mol. The second-order valence-electron chi connectivity index (χ2n) is 8.12. The maximum Gasteiger partial charge on any atom is 0.246 e. The first kappa shape index (κ1) is 22.3. The molecule has 0 aliphatic carbocycles. The Morgan fingerprint density at radius 3 is 2.50 bits per heavy atom. The average Bonchev–Trinajstić information content (AvgIpc) is 2.74. The van der Waals surface area contributed by atoms with E-state index in [1.165, 1.54) is 17.0 Å². The van der Waals surface area contributed by atoms with Gasteiger partial charge in [-0.3, -0.25) is 4.79 Å². The highest BCUT2D eigenvalue weighted by atomic mass is 32.2. The van der Waals surface area contributed by atoms with Crippen LogP contribution >= 0.6 is 0 Å². The van der Waals surface area contributed by atoms with Crippen molar-refractivity contribution < 1.29 is 17.9 Å². The highest BCUT2D eigenvalue weighted by molar-refractivity contribution is 7.89. The number of carbonyl (C=O) groups excluding carboxylic acids is 1. The quantitative estimate of drug-likeness (QED) is 0.746. The Morgan fingerprint density at radius 2 is 1.87 bits per heavy atom. The van der Waals surface area contributed by atoms with Crippen molar-refractivity contribution in [1.29, 1.82) is 0 Å². The van der Waals surface area contributed by atoms with Crippen LogP contribution in [0.4, 0.5) is 5.69 Å². The predicted octanol–water partition coefficient (Wildman–Crippen LogP) is 4.17. The molecule has 6 nitrogen and oxygen atoms in total. The molecule has 7 heteroatoms. The van der Waals surface area contributed by atoms with Crippen LogP contribution in [0.2, 0.25) is 0 Å². The number of anilines is 1. The second-order valence-corrected chi connectivity index (χ2v) is 10.0. The summed E-state index contributed by atoms with van der Waals surface area (Å²) in [4.78, 5) is 13.0. The molecule has 0 spiro atoms. The molecule has 2 aromatic carbocycles. The van der Waals surface area contributed by atoms with Crippen molar-refractivity contribution >= 4 is 21.6 Å². The van der Waals surface area contributed by atoms with Gasteiger partial charge in [0.25, 0.3) is 0 Å². The van der Waals surface area contributed by atoms with Crippen molar-refractivity contribution in [2.24, 2.45) is 5.92 Å². The van der Waals surface area contributed by atoms with Gasteiger partial charge in [0.1, 0.15) is 10.6 Å². The molecule has 0 aromatic heterocycles. The first-order chi connectivity index (χ1) is 14.2. The number of rotatable bonds is 6. The summed E-state index contributed by atoms with van der Waals surface area (Å²) < 4.78 is 33.2. The lowest BCUT2D eigenvalue weighted by Gasteiger charge is -2.31. The normalized spacial score (nSPS) is 17.7. The van der Waals surface area contributed by atoms with Crippen LogP contribution < -0.4 is 10.1 Å². The minimum atomic E-state index is -3.75. The fourth-order valence-electron chi connectivity index (χ4n) is 3.70. The Kier molecular flexibility index (Phi) is 6.83. The number of sulfonamides is 1. The fraction of sp³-hybridized carbons (Fsp3) is 0.435. The second kappa shape index (κ2) is 9.18. The fourth-order valence-corrected chi connectivity index (χ4v) is 5.46. The maximum atomic E-state index is 13.3. The molecule has 3 rings (SSSR count). The zero-order chi connectivity index (χ0) is 21.9. The van der Waals surface area contributed by atoms with Crippen LogP contribution in [-0.2, 0) is 14.8 Å². The van der Waals surface area contributed by atoms with Gasteiger partial charge in [-0.15, -0.1) is 0 Å². The molecule has 1 N–H and O–H groups in total. The van der Waals surface area contributed by atoms with Crippen LogP contribution in [0.25, 0.3) is 0 Å². The number of piperidine rings is 1. The number of benzene rings is 2. The predicted molar refractivity (Wildman–Crippen MR) is 118 cm³/mol. The molecule has 1 atom stereocenters. The number of ether oxygens (including phenoxy) is 1. The van der Waals surface area contributed by atoms with Gasteiger partial charge in [-0.1, -0.05) is 32.0 Å². The van der Waals surface area contributed by atoms with E-state index in [2.05, 4.69) is 19.2 Å². The highest BCUT2D eigenvalue weighted by Gasteiger charge is 2.35. The number of amides is 1. The Hall–Kier alpha value is -2.38. The van der Waals surface area contributed by atoms with Crippen molar-refractivity contribution in [2.75, 3.05) is 25.5 Å². The van der Waals surface area contributed by atoms with Gasteiger partial charge < -0.3 is 10.1 Å². The zero-order valence-corrected chi connectivity index (χ0v) is 18.8. The van der Waals surface area contributed by atoms with Gasteiger partial charge in [-0.25, -0.2) is 8.42 Å². The standard InChI is InChI=1S/C23H30N2O4S/c1-16(2)18-8-10-20(11-9-18)24-23(26)19-6-5-13-25(15-19)30(27,28)22-14-17(3)7-12-21(22)29-4/h7-12,14,16,19H,5-6,13,15H2,1-4H3,(H,24,26)/t19-/m1/s1. The minimum absolute atomic E-state index is 0.148. The third-order valence-corrected chi connectivity index (χ3v) is 7.42. The van der Waals surface area contributed by atoms with E-state index >= 15 is 0 Å². The summed E-state index contributed by atoms with van der Waals surface area (Å²) in [6, 6.07) is 12.9. The van der Waals surface area contributed by atoms with E-state index in [9.17, 15) is 13.2 Å². The molecule has 0 radical (unpaired) electrons. The summed E-state index contributed by atoms with van der Waals surface area (Å²) in [6.07, 6.45) is 1.30. The molecule has 0 saturated carbocycles. The van der Waals surface area contributed by atoms with E-state index in [1.54, 1.807) is 12.1 Å².